The quantitative estimate of drug-likeness (QED) is 0.726. The number of fused-ring (bicyclic) bond motifs is 1. The highest BCUT2D eigenvalue weighted by Crippen LogP contribution is 2.25. The van der Waals surface area contributed by atoms with Gasteiger partial charge in [-0.1, -0.05) is 12.1 Å². The first-order chi connectivity index (χ1) is 12.1. The Bertz CT molecular complexity index is 991. The van der Waals surface area contributed by atoms with Crippen LogP contribution in [0.1, 0.15) is 23.9 Å². The van der Waals surface area contributed by atoms with Crippen molar-refractivity contribution in [2.24, 2.45) is 0 Å². The lowest BCUT2D eigenvalue weighted by atomic mass is 10.1. The lowest BCUT2D eigenvalue weighted by molar-refractivity contribution is -0.130. The van der Waals surface area contributed by atoms with E-state index in [1.54, 1.807) is 29.3 Å². The molecule has 1 aromatic carbocycles. The monoisotopic (exact) mass is 338 g/mol. The van der Waals surface area contributed by atoms with E-state index in [9.17, 15) is 9.59 Å². The summed E-state index contributed by atoms with van der Waals surface area (Å²) in [5, 5.41) is 0. The summed E-state index contributed by atoms with van der Waals surface area (Å²) in [6.07, 6.45) is 2.58. The molecule has 1 saturated heterocycles. The summed E-state index contributed by atoms with van der Waals surface area (Å²) < 4.78 is 6.57. The average molecular weight is 338 g/mol. The van der Waals surface area contributed by atoms with Gasteiger partial charge in [-0.3, -0.25) is 9.36 Å². The van der Waals surface area contributed by atoms with Gasteiger partial charge in [0.2, 0.25) is 5.91 Å². The predicted molar refractivity (Wildman–Crippen MR) is 91.2 cm³/mol. The lowest BCUT2D eigenvalue weighted by Crippen LogP contribution is -2.34. The van der Waals surface area contributed by atoms with Gasteiger partial charge in [-0.2, -0.15) is 0 Å². The van der Waals surface area contributed by atoms with E-state index in [2.05, 4.69) is 9.97 Å². The largest absolute Gasteiger partial charge is 0.420 e. The van der Waals surface area contributed by atoms with E-state index < -0.39 is 5.76 Å². The molecule has 128 valence electrons. The van der Waals surface area contributed by atoms with Gasteiger partial charge in [-0.15, -0.1) is 0 Å². The van der Waals surface area contributed by atoms with Crippen molar-refractivity contribution >= 4 is 17.0 Å². The fourth-order valence-corrected chi connectivity index (χ4v) is 3.26. The fraction of sp³-hybridized carbons (Fsp3) is 0.333. The maximum Gasteiger partial charge on any atom is 0.420 e. The number of nitrogens with zero attached hydrogens (tertiary/aromatic N) is 4. The molecule has 3 aromatic rings. The molecule has 1 fully saturated rings. The number of benzene rings is 1. The lowest BCUT2D eigenvalue weighted by Gasteiger charge is -2.16. The average Bonchev–Trinajstić information content (AvgIpc) is 3.21. The first-order valence-corrected chi connectivity index (χ1v) is 8.27. The van der Waals surface area contributed by atoms with Crippen LogP contribution >= 0.6 is 0 Å². The molecule has 2 aromatic heterocycles. The Labute approximate surface area is 143 Å². The Morgan fingerprint density at radius 1 is 1.32 bits per heavy atom. The van der Waals surface area contributed by atoms with Crippen LogP contribution in [0.2, 0.25) is 0 Å². The highest BCUT2D eigenvalue weighted by molar-refractivity contribution is 5.79. The third-order valence-corrected chi connectivity index (χ3v) is 4.59. The van der Waals surface area contributed by atoms with E-state index in [0.717, 1.165) is 17.9 Å². The number of carbonyl (C=O) groups excluding carboxylic acids is 1. The molecule has 0 N–H and O–H groups in total. The number of aryl methyl sites for hydroxylation is 1. The Hall–Kier alpha value is -2.96. The first kappa shape index (κ1) is 15.6. The van der Waals surface area contributed by atoms with E-state index in [-0.39, 0.29) is 18.4 Å². The van der Waals surface area contributed by atoms with Crippen molar-refractivity contribution < 1.29 is 9.21 Å². The Morgan fingerprint density at radius 3 is 3.00 bits per heavy atom. The summed E-state index contributed by atoms with van der Waals surface area (Å²) in [5.74, 6) is 0.319. The molecule has 3 heterocycles. The van der Waals surface area contributed by atoms with Crippen molar-refractivity contribution in [2.45, 2.75) is 25.8 Å². The van der Waals surface area contributed by atoms with Gasteiger partial charge in [0, 0.05) is 30.9 Å². The highest BCUT2D eigenvalue weighted by Gasteiger charge is 2.29. The molecule has 0 aliphatic carbocycles. The van der Waals surface area contributed by atoms with E-state index in [1.165, 1.54) is 4.57 Å². The summed E-state index contributed by atoms with van der Waals surface area (Å²) in [7, 11) is 0. The topological polar surface area (TPSA) is 81.2 Å². The predicted octanol–water partition coefficient (Wildman–Crippen LogP) is 1.71. The zero-order valence-electron chi connectivity index (χ0n) is 13.9. The standard InChI is InChI=1S/C18H18N4O3/c1-12-6-8-19-17(20-12)13-7-9-21(10-13)16(23)11-22-14-4-2-3-5-15(14)25-18(22)24/h2-6,8,13H,7,9-11H2,1H3. The molecule has 7 heteroatoms. The molecule has 0 saturated carbocycles. The number of aromatic nitrogens is 3. The van der Waals surface area contributed by atoms with Gasteiger partial charge < -0.3 is 9.32 Å². The molecule has 7 nitrogen and oxygen atoms in total. The third kappa shape index (κ3) is 2.93. The molecule has 1 amide bonds. The molecule has 0 spiro atoms. The van der Waals surface area contributed by atoms with Crippen LogP contribution in [0.3, 0.4) is 0 Å². The number of rotatable bonds is 3. The summed E-state index contributed by atoms with van der Waals surface area (Å²) in [5.41, 5.74) is 2.05. The molecular weight excluding hydrogens is 320 g/mol. The van der Waals surface area contributed by atoms with Crippen LogP contribution in [0.25, 0.3) is 11.1 Å². The second kappa shape index (κ2) is 6.16. The van der Waals surface area contributed by atoms with Crippen LogP contribution in [0.4, 0.5) is 0 Å². The van der Waals surface area contributed by atoms with Crippen molar-refractivity contribution in [3.63, 3.8) is 0 Å². The highest BCUT2D eigenvalue weighted by atomic mass is 16.4. The number of carbonyl (C=O) groups is 1. The van der Waals surface area contributed by atoms with E-state index in [0.29, 0.717) is 24.2 Å². The van der Waals surface area contributed by atoms with Gasteiger partial charge >= 0.3 is 5.76 Å². The van der Waals surface area contributed by atoms with Crippen molar-refractivity contribution in [3.05, 3.63) is 58.6 Å². The van der Waals surface area contributed by atoms with Crippen LogP contribution in [0.5, 0.6) is 0 Å². The summed E-state index contributed by atoms with van der Waals surface area (Å²) >= 11 is 0. The number of para-hydroxylation sites is 2. The van der Waals surface area contributed by atoms with Crippen molar-refractivity contribution in [1.29, 1.82) is 0 Å². The number of hydrogen-bond acceptors (Lipinski definition) is 5. The number of likely N-dealkylation sites (tertiary alicyclic amines) is 1. The van der Waals surface area contributed by atoms with Crippen molar-refractivity contribution in [3.8, 4) is 0 Å². The minimum absolute atomic E-state index is 0.0166. The molecule has 1 aliphatic heterocycles. The van der Waals surface area contributed by atoms with Crippen LogP contribution < -0.4 is 5.76 Å². The molecule has 25 heavy (non-hydrogen) atoms. The van der Waals surface area contributed by atoms with Gasteiger partial charge in [-0.05, 0) is 31.5 Å². The minimum atomic E-state index is -0.507. The van der Waals surface area contributed by atoms with E-state index >= 15 is 0 Å². The molecule has 4 rings (SSSR count). The van der Waals surface area contributed by atoms with Crippen LogP contribution in [0, 0.1) is 6.92 Å². The van der Waals surface area contributed by atoms with Crippen LogP contribution in [0.15, 0.2) is 45.7 Å². The maximum absolute atomic E-state index is 12.6. The van der Waals surface area contributed by atoms with E-state index in [1.807, 2.05) is 19.1 Å². The fourth-order valence-electron chi connectivity index (χ4n) is 3.26. The zero-order chi connectivity index (χ0) is 17.4. The second-order valence-corrected chi connectivity index (χ2v) is 6.30. The minimum Gasteiger partial charge on any atom is -0.408 e. The van der Waals surface area contributed by atoms with Gasteiger partial charge in [0.05, 0.1) is 5.52 Å². The Kier molecular flexibility index (Phi) is 3.83. The molecular formula is C18H18N4O3. The van der Waals surface area contributed by atoms with Crippen LogP contribution in [-0.4, -0.2) is 38.4 Å². The van der Waals surface area contributed by atoms with Crippen molar-refractivity contribution in [2.75, 3.05) is 13.1 Å². The zero-order valence-corrected chi connectivity index (χ0v) is 13.9. The molecule has 1 unspecified atom stereocenters. The van der Waals surface area contributed by atoms with Crippen LogP contribution in [-0.2, 0) is 11.3 Å². The summed E-state index contributed by atoms with van der Waals surface area (Å²) in [4.78, 5) is 35.2. The maximum atomic E-state index is 12.6. The van der Waals surface area contributed by atoms with Gasteiger partial charge in [-0.25, -0.2) is 14.8 Å². The second-order valence-electron chi connectivity index (χ2n) is 6.30. The Morgan fingerprint density at radius 2 is 2.16 bits per heavy atom. The van der Waals surface area contributed by atoms with E-state index in [4.69, 9.17) is 4.42 Å². The van der Waals surface area contributed by atoms with Gasteiger partial charge in [0.25, 0.3) is 0 Å². The summed E-state index contributed by atoms with van der Waals surface area (Å²) in [6.45, 7) is 3.13. The number of amides is 1. The number of hydrogen-bond donors (Lipinski definition) is 0. The molecule has 0 radical (unpaired) electrons. The third-order valence-electron chi connectivity index (χ3n) is 4.59. The molecule has 1 aliphatic rings. The molecule has 1 atom stereocenters. The number of oxazole rings is 1. The Balaban J connectivity index is 1.50. The van der Waals surface area contributed by atoms with Crippen molar-refractivity contribution in [1.82, 2.24) is 19.4 Å². The normalized spacial score (nSPS) is 17.3. The van der Waals surface area contributed by atoms with Gasteiger partial charge in [0.1, 0.15) is 12.4 Å². The smallest absolute Gasteiger partial charge is 0.408 e. The SMILES string of the molecule is Cc1ccnc(C2CCN(C(=O)Cn3c(=O)oc4ccccc43)C2)n1. The summed E-state index contributed by atoms with van der Waals surface area (Å²) in [6, 6.07) is 8.97. The molecule has 0 bridgehead atoms. The van der Waals surface area contributed by atoms with Gasteiger partial charge in [0.15, 0.2) is 5.58 Å². The first-order valence-electron chi connectivity index (χ1n) is 8.27.